The lowest BCUT2D eigenvalue weighted by molar-refractivity contribution is -0.417. The fraction of sp³-hybridized carbons (Fsp3) is 0.680. The highest BCUT2D eigenvalue weighted by Gasteiger charge is 2.61. The van der Waals surface area contributed by atoms with Gasteiger partial charge < -0.3 is 91.5 Å². The fourth-order valence-corrected chi connectivity index (χ4v) is 18.9. The Morgan fingerprint density at radius 2 is 1.96 bits per heavy atom. The first-order valence-electron chi connectivity index (χ1n) is 25.7. The van der Waals surface area contributed by atoms with Gasteiger partial charge in [-0.3, -0.25) is 9.98 Å². The summed E-state index contributed by atoms with van der Waals surface area (Å²) in [6.45, 7) is 1.86. The van der Waals surface area contributed by atoms with Gasteiger partial charge in [-0.05, 0) is 76.4 Å². The Bertz CT molecular complexity index is 2480. The number of guanidine groups is 2. The molecule has 0 radical (unpaired) electrons. The summed E-state index contributed by atoms with van der Waals surface area (Å²) in [5, 5.41) is 94.0. The first-order valence-corrected chi connectivity index (χ1v) is 30.4. The quantitative estimate of drug-likeness (QED) is 0.0181. The van der Waals surface area contributed by atoms with Gasteiger partial charge in [0.1, 0.15) is 23.1 Å². The molecular formula is C50H69N7O15S4. The molecule has 0 amide bonds. The van der Waals surface area contributed by atoms with E-state index in [0.717, 1.165) is 0 Å². The van der Waals surface area contributed by atoms with Crippen molar-refractivity contribution in [1.82, 2.24) is 15.5 Å². The van der Waals surface area contributed by atoms with Gasteiger partial charge in [0.2, 0.25) is 12.1 Å². The minimum atomic E-state index is -3.03. The van der Waals surface area contributed by atoms with Crippen molar-refractivity contribution in [2.24, 2.45) is 44.6 Å². The van der Waals surface area contributed by atoms with Crippen LogP contribution in [0.25, 0.3) is 0 Å². The highest BCUT2D eigenvalue weighted by Crippen LogP contribution is 2.57. The summed E-state index contributed by atoms with van der Waals surface area (Å²) in [7, 11) is 6.11. The third-order valence-corrected chi connectivity index (χ3v) is 21.7. The van der Waals surface area contributed by atoms with Gasteiger partial charge >= 0.3 is 11.9 Å². The SMILES string of the molecule is CC(C)OC1C(OC2OC=C3C(=O)OC4CCC(CO)C4CSSC4C(CO)N5C=C(C(=O)O)C(NC(N)=NCCCO)=C(C=C6C#CC47CC4CC(CCC2(C=CCSS7)C63)N=C(N)N4)C5)OC(CO)C(O)C1(O)O. The second-order valence-electron chi connectivity index (χ2n) is 20.8. The van der Waals surface area contributed by atoms with Crippen LogP contribution in [-0.2, 0) is 33.3 Å². The van der Waals surface area contributed by atoms with Gasteiger partial charge in [-0.15, -0.1) is 0 Å². The normalized spacial score (nSPS) is 38.2. The van der Waals surface area contributed by atoms with Crippen molar-refractivity contribution in [3.63, 3.8) is 0 Å². The number of hydrogen-bond donors (Lipinski definition) is 12. The Hall–Kier alpha value is -3.66. The minimum absolute atomic E-state index is 0.00469. The number of hydrogen-bond acceptors (Lipinski definition) is 23. The van der Waals surface area contributed by atoms with E-state index < -0.39 is 107 Å². The highest BCUT2D eigenvalue weighted by molar-refractivity contribution is 8.79. The molecule has 0 aromatic heterocycles. The average molecular weight is 1140 g/mol. The first kappa shape index (κ1) is 57.0. The van der Waals surface area contributed by atoms with E-state index in [-0.39, 0.29) is 85.8 Å². The summed E-state index contributed by atoms with van der Waals surface area (Å²) < 4.78 is 31.4. The number of carboxylic acid groups (broad SMARTS) is 1. The summed E-state index contributed by atoms with van der Waals surface area (Å²) in [5.41, 5.74) is 12.1. The van der Waals surface area contributed by atoms with E-state index in [1.54, 1.807) is 19.9 Å². The number of allylic oxidation sites excluding steroid dienone is 1. The number of aliphatic imine (C=N–C) groups is 2. The number of ether oxygens (including phenoxy) is 5. The predicted molar refractivity (Wildman–Crippen MR) is 286 cm³/mol. The number of nitrogens with one attached hydrogen (secondary N) is 2. The maximum Gasteiger partial charge on any atom is 0.339 e. The summed E-state index contributed by atoms with van der Waals surface area (Å²) in [6, 6.07) is -1.50. The van der Waals surface area contributed by atoms with Gasteiger partial charge in [0, 0.05) is 67.5 Å². The highest BCUT2D eigenvalue weighted by atomic mass is 33.1. The van der Waals surface area contributed by atoms with Crippen LogP contribution in [0.3, 0.4) is 0 Å². The summed E-state index contributed by atoms with van der Waals surface area (Å²) in [6.07, 6.45) is 1.00. The van der Waals surface area contributed by atoms with Crippen LogP contribution in [0.5, 0.6) is 0 Å². The van der Waals surface area contributed by atoms with E-state index in [0.29, 0.717) is 54.8 Å². The molecule has 2 fully saturated rings. The van der Waals surface area contributed by atoms with Crippen molar-refractivity contribution in [2.75, 3.05) is 51.0 Å². The number of carbonyl (C=O) groups excluding carboxylic acids is 1. The van der Waals surface area contributed by atoms with Crippen LogP contribution in [0.4, 0.5) is 0 Å². The van der Waals surface area contributed by atoms with E-state index in [1.165, 1.54) is 55.6 Å². The van der Waals surface area contributed by atoms with Crippen LogP contribution in [0.15, 0.2) is 68.7 Å². The monoisotopic (exact) mass is 1140 g/mol. The number of esters is 1. The first-order chi connectivity index (χ1) is 36.4. The number of rotatable bonds is 12. The zero-order valence-corrected chi connectivity index (χ0v) is 45.4. The molecule has 1 saturated carbocycles. The Kier molecular flexibility index (Phi) is 18.0. The van der Waals surface area contributed by atoms with Crippen LogP contribution < -0.4 is 22.1 Å². The Morgan fingerprint density at radius 1 is 1.14 bits per heavy atom. The number of aliphatic hydroxyl groups is 7. The molecule has 14 N–H and O–H groups in total. The van der Waals surface area contributed by atoms with Gasteiger partial charge in [-0.2, -0.15) is 0 Å². The lowest BCUT2D eigenvalue weighted by Gasteiger charge is -2.51. The maximum absolute atomic E-state index is 15.5. The van der Waals surface area contributed by atoms with Gasteiger partial charge in [0.05, 0.1) is 65.2 Å². The van der Waals surface area contributed by atoms with E-state index in [4.69, 9.17) is 40.1 Å². The van der Waals surface area contributed by atoms with E-state index in [2.05, 4.69) is 27.5 Å². The van der Waals surface area contributed by atoms with Crippen molar-refractivity contribution in [1.29, 1.82) is 0 Å². The van der Waals surface area contributed by atoms with Crippen molar-refractivity contribution in [3.8, 4) is 11.8 Å². The molecule has 26 heteroatoms. The van der Waals surface area contributed by atoms with Gasteiger partial charge in [-0.1, -0.05) is 67.2 Å². The Labute approximate surface area is 456 Å². The molecule has 9 bridgehead atoms. The largest absolute Gasteiger partial charge is 0.478 e. The molecule has 1 saturated heterocycles. The van der Waals surface area contributed by atoms with Crippen LogP contribution in [0.1, 0.15) is 58.8 Å². The van der Waals surface area contributed by atoms with Crippen LogP contribution in [0, 0.1) is 35.0 Å². The molecule has 0 spiro atoms. The average Bonchev–Trinajstić information content (AvgIpc) is 3.80. The van der Waals surface area contributed by atoms with Crippen molar-refractivity contribution in [3.05, 3.63) is 58.7 Å². The third kappa shape index (κ3) is 11.4. The third-order valence-electron chi connectivity index (χ3n) is 15.6. The number of carbonyl (C=O) groups is 2. The van der Waals surface area contributed by atoms with Crippen molar-refractivity contribution in [2.45, 2.75) is 136 Å². The molecular weight excluding hydrogens is 1070 g/mol. The van der Waals surface area contributed by atoms with Crippen molar-refractivity contribution < 1.29 is 74.1 Å². The van der Waals surface area contributed by atoms with Crippen molar-refractivity contribution >= 4 is 67.0 Å². The standard InChI is InChI=1S/C50H69N7O15S4/c1-25(2)69-40-44(71-36(22-61)39(62)50(40,66)67)72-45-48-9-3-14-73-76-49(17-30-16-29(8-10-48)54-47(52)55-30)11-7-26-15-28-18-57(19-31(42(63)64)38(28)56-46(51)53-12-4-13-58)34(21-60)41(49)75-74-24-33-27(20-59)5-6-35(33)70-43(65)32(23-68-45)37(26)48/h3,9,15,19,23,25,27,29-30,33-37,39-41,44-45,58-62,66-67H,4-6,8,10,12-14,16-18,20-22,24H2,1-2H3,(H,63,64)(H3,51,53,56)(H3,52,54,55). The summed E-state index contributed by atoms with van der Waals surface area (Å²) >= 11 is 0. The van der Waals surface area contributed by atoms with E-state index >= 15 is 4.79 Å². The summed E-state index contributed by atoms with van der Waals surface area (Å²) in [4.78, 5) is 40.3. The fourth-order valence-electron chi connectivity index (χ4n) is 11.9. The summed E-state index contributed by atoms with van der Waals surface area (Å²) in [5.74, 6) is 1.51. The molecule has 15 atom stereocenters. The number of nitrogens with zero attached hydrogens (tertiary/aromatic N) is 3. The number of aliphatic carboxylic acids is 1. The lowest BCUT2D eigenvalue weighted by atomic mass is 9.63. The van der Waals surface area contributed by atoms with Gasteiger partial charge in [0.15, 0.2) is 24.3 Å². The molecule has 2 aliphatic carbocycles. The second-order valence-corrected chi connectivity index (χ2v) is 26.1. The van der Waals surface area contributed by atoms with Crippen LogP contribution in [0.2, 0.25) is 0 Å². The molecule has 9 aliphatic rings. The number of carboxylic acids is 1. The molecule has 76 heavy (non-hydrogen) atoms. The molecule has 15 unspecified atom stereocenters. The Balaban J connectivity index is 1.37. The minimum Gasteiger partial charge on any atom is -0.478 e. The van der Waals surface area contributed by atoms with E-state index in [9.17, 15) is 45.6 Å². The molecule has 7 aliphatic heterocycles. The molecule has 7 heterocycles. The molecule has 0 aromatic rings. The molecule has 0 aromatic carbocycles. The van der Waals surface area contributed by atoms with E-state index in [1.807, 2.05) is 17.1 Å². The lowest BCUT2D eigenvalue weighted by Crippen LogP contribution is -2.69. The molecule has 22 nitrogen and oxygen atoms in total. The number of nitrogens with two attached hydrogens (primary N) is 2. The second kappa shape index (κ2) is 24.0. The molecule has 418 valence electrons. The topological polar surface area (TPSA) is 346 Å². The maximum atomic E-state index is 15.5. The van der Waals surface area contributed by atoms with Crippen LogP contribution >= 0.6 is 43.2 Å². The smallest absolute Gasteiger partial charge is 0.339 e. The molecule has 9 rings (SSSR count). The Morgan fingerprint density at radius 3 is 2.70 bits per heavy atom. The van der Waals surface area contributed by atoms with Gasteiger partial charge in [0.25, 0.3) is 0 Å². The predicted octanol–water partition coefficient (Wildman–Crippen LogP) is 0.141. The number of aliphatic hydroxyl groups excluding tert-OH is 5. The zero-order valence-electron chi connectivity index (χ0n) is 42.1. The van der Waals surface area contributed by atoms with Gasteiger partial charge in [-0.25, -0.2) is 9.59 Å². The van der Waals surface area contributed by atoms with Crippen LogP contribution in [-0.4, -0.2) is 198 Å². The zero-order chi connectivity index (χ0) is 54.1. The number of fused-ring (bicyclic) bond motifs is 5.